The van der Waals surface area contributed by atoms with Crippen LogP contribution in [-0.2, 0) is 0 Å². The molecule has 0 spiro atoms. The zero-order valence-electron chi connectivity index (χ0n) is 16.3. The minimum atomic E-state index is -0.252. The number of para-hydroxylation sites is 1. The van der Waals surface area contributed by atoms with Crippen LogP contribution in [-0.4, -0.2) is 24.2 Å². The minimum Gasteiger partial charge on any atom is -0.457 e. The third-order valence-electron chi connectivity index (χ3n) is 4.66. The van der Waals surface area contributed by atoms with Crippen molar-refractivity contribution >= 4 is 35.1 Å². The van der Waals surface area contributed by atoms with Gasteiger partial charge in [-0.3, -0.25) is 5.01 Å². The number of benzene rings is 3. The smallest absolute Gasteiger partial charge is 0.215 e. The lowest BCUT2D eigenvalue weighted by atomic mass is 10.1. The monoisotopic (exact) mass is 420 g/mol. The lowest BCUT2D eigenvalue weighted by Crippen LogP contribution is -2.37. The Kier molecular flexibility index (Phi) is 5.56. The van der Waals surface area contributed by atoms with Gasteiger partial charge in [0, 0.05) is 24.5 Å². The molecule has 152 valence electrons. The molecule has 1 unspecified atom stereocenters. The van der Waals surface area contributed by atoms with E-state index in [9.17, 15) is 0 Å². The average Bonchev–Trinajstić information content (AvgIpc) is 3.12. The number of nitrogens with one attached hydrogen (secondary N) is 3. The Balaban J connectivity index is 1.49. The summed E-state index contributed by atoms with van der Waals surface area (Å²) in [6, 6.07) is 20.9. The fourth-order valence-corrected chi connectivity index (χ4v) is 3.34. The molecule has 0 aliphatic carbocycles. The molecule has 1 aliphatic heterocycles. The Morgan fingerprint density at radius 3 is 2.50 bits per heavy atom. The number of hydrazine groups is 1. The lowest BCUT2D eigenvalue weighted by Gasteiger charge is -2.18. The van der Waals surface area contributed by atoms with Gasteiger partial charge in [0.05, 0.1) is 10.7 Å². The van der Waals surface area contributed by atoms with Gasteiger partial charge in [-0.15, -0.1) is 0 Å². The first-order valence-electron chi connectivity index (χ1n) is 9.31. The van der Waals surface area contributed by atoms with Gasteiger partial charge in [-0.1, -0.05) is 41.9 Å². The molecular formula is C22H21ClN6O. The molecule has 0 fully saturated rings. The molecule has 0 aromatic heterocycles. The van der Waals surface area contributed by atoms with Crippen LogP contribution in [0.5, 0.6) is 11.5 Å². The number of rotatable bonds is 5. The van der Waals surface area contributed by atoms with Crippen LogP contribution in [0, 0.1) is 5.41 Å². The van der Waals surface area contributed by atoms with Crippen LogP contribution in [0.2, 0.25) is 5.02 Å². The molecule has 5 N–H and O–H groups in total. The normalized spacial score (nSPS) is 15.6. The van der Waals surface area contributed by atoms with E-state index in [1.54, 1.807) is 17.1 Å². The van der Waals surface area contributed by atoms with Crippen LogP contribution in [0.3, 0.4) is 0 Å². The van der Waals surface area contributed by atoms with Crippen LogP contribution in [0.1, 0.15) is 17.3 Å². The van der Waals surface area contributed by atoms with Crippen molar-refractivity contribution in [1.29, 1.82) is 5.41 Å². The van der Waals surface area contributed by atoms with Gasteiger partial charge in [-0.25, -0.2) is 10.4 Å². The summed E-state index contributed by atoms with van der Waals surface area (Å²) in [5.41, 5.74) is 11.7. The number of nitrogens with zero attached hydrogens (tertiary/aromatic N) is 2. The molecule has 0 radical (unpaired) electrons. The summed E-state index contributed by atoms with van der Waals surface area (Å²) in [6.45, 7) is 0. The van der Waals surface area contributed by atoms with Crippen molar-refractivity contribution in [3.05, 3.63) is 82.9 Å². The molecule has 30 heavy (non-hydrogen) atoms. The predicted octanol–water partition coefficient (Wildman–Crippen LogP) is 4.63. The molecule has 3 aromatic rings. The standard InChI is InChI=1S/C22H21ClN6O/c1-29-22(26-19-12-11-18(25)17(13-24)20(19)23)27-21(28-29)14-7-9-16(10-8-14)30-15-5-3-2-4-6-15/h2-13,21,24,28H,25H2,1H3,(H,26,27). The van der Waals surface area contributed by atoms with Crippen LogP contribution in [0.4, 0.5) is 11.4 Å². The van der Waals surface area contributed by atoms with E-state index in [0.29, 0.717) is 27.9 Å². The second-order valence-corrected chi connectivity index (χ2v) is 7.10. The van der Waals surface area contributed by atoms with Gasteiger partial charge in [-0.2, -0.15) is 0 Å². The second kappa shape index (κ2) is 8.44. The van der Waals surface area contributed by atoms with Gasteiger partial charge in [0.1, 0.15) is 17.7 Å². The van der Waals surface area contributed by atoms with Crippen LogP contribution in [0.25, 0.3) is 0 Å². The van der Waals surface area contributed by atoms with Crippen molar-refractivity contribution in [2.45, 2.75) is 6.17 Å². The van der Waals surface area contributed by atoms with Gasteiger partial charge in [0.25, 0.3) is 0 Å². The predicted molar refractivity (Wildman–Crippen MR) is 121 cm³/mol. The number of ether oxygens (including phenoxy) is 1. The van der Waals surface area contributed by atoms with E-state index in [2.05, 4.69) is 10.7 Å². The summed E-state index contributed by atoms with van der Waals surface area (Å²) in [6.07, 6.45) is 0.890. The Morgan fingerprint density at radius 2 is 1.80 bits per heavy atom. The molecule has 1 heterocycles. The zero-order valence-corrected chi connectivity index (χ0v) is 17.0. The van der Waals surface area contributed by atoms with E-state index < -0.39 is 0 Å². The molecule has 0 saturated heterocycles. The Hall–Kier alpha value is -3.55. The fourth-order valence-electron chi connectivity index (χ4n) is 3.06. The second-order valence-electron chi connectivity index (χ2n) is 6.73. The van der Waals surface area contributed by atoms with E-state index in [-0.39, 0.29) is 6.17 Å². The van der Waals surface area contributed by atoms with Crippen LogP contribution < -0.4 is 21.2 Å². The topological polar surface area (TPSA) is 98.8 Å². The van der Waals surface area contributed by atoms with Gasteiger partial charge in [0.2, 0.25) is 5.96 Å². The molecule has 0 bridgehead atoms. The van der Waals surface area contributed by atoms with Gasteiger partial charge >= 0.3 is 0 Å². The number of hydrogen-bond donors (Lipinski definition) is 4. The van der Waals surface area contributed by atoms with Crippen LogP contribution >= 0.6 is 11.6 Å². The first kappa shape index (κ1) is 19.8. The number of aliphatic imine (C=N–C) groups is 1. The first-order valence-corrected chi connectivity index (χ1v) is 9.69. The van der Waals surface area contributed by atoms with Crippen molar-refractivity contribution in [2.24, 2.45) is 4.99 Å². The first-order chi connectivity index (χ1) is 14.5. The van der Waals surface area contributed by atoms with E-state index in [4.69, 9.17) is 32.5 Å². The Bertz CT molecular complexity index is 1080. The number of anilines is 2. The molecule has 0 amide bonds. The molecule has 4 rings (SSSR count). The molecule has 0 saturated carbocycles. The molecule has 7 nitrogen and oxygen atoms in total. The summed E-state index contributed by atoms with van der Waals surface area (Å²) in [5.74, 6) is 2.15. The maximum absolute atomic E-state index is 7.50. The number of guanidine groups is 1. The van der Waals surface area contributed by atoms with E-state index in [0.717, 1.165) is 23.3 Å². The summed E-state index contributed by atoms with van der Waals surface area (Å²) < 4.78 is 5.84. The zero-order chi connectivity index (χ0) is 21.1. The maximum atomic E-state index is 7.50. The molecule has 1 atom stereocenters. The van der Waals surface area contributed by atoms with Gasteiger partial charge < -0.3 is 21.2 Å². The van der Waals surface area contributed by atoms with E-state index in [1.165, 1.54) is 0 Å². The highest BCUT2D eigenvalue weighted by molar-refractivity contribution is 6.36. The number of hydrogen-bond acceptors (Lipinski definition) is 7. The molecule has 8 heteroatoms. The van der Waals surface area contributed by atoms with E-state index >= 15 is 0 Å². The lowest BCUT2D eigenvalue weighted by molar-refractivity contribution is 0.353. The third kappa shape index (κ3) is 4.07. The average molecular weight is 421 g/mol. The quantitative estimate of drug-likeness (QED) is 0.356. The largest absolute Gasteiger partial charge is 0.457 e. The third-order valence-corrected chi connectivity index (χ3v) is 5.07. The van der Waals surface area contributed by atoms with Crippen molar-refractivity contribution < 1.29 is 4.74 Å². The minimum absolute atomic E-state index is 0.252. The SMILES string of the molecule is CN1NC(c2ccc(Oc3ccccc3)cc2)N=C1Nc1ccc(N)c(C=N)c1Cl. The summed E-state index contributed by atoms with van der Waals surface area (Å²) in [7, 11) is 1.86. The Labute approximate surface area is 179 Å². The highest BCUT2D eigenvalue weighted by Gasteiger charge is 2.24. The molecule has 3 aromatic carbocycles. The van der Waals surface area contributed by atoms with Crippen molar-refractivity contribution in [3.63, 3.8) is 0 Å². The maximum Gasteiger partial charge on any atom is 0.215 e. The highest BCUT2D eigenvalue weighted by atomic mass is 35.5. The summed E-state index contributed by atoms with van der Waals surface area (Å²) in [4.78, 5) is 4.70. The van der Waals surface area contributed by atoms with Gasteiger partial charge in [-0.05, 0) is 42.0 Å². The molecule has 1 aliphatic rings. The van der Waals surface area contributed by atoms with Crippen molar-refractivity contribution in [2.75, 3.05) is 18.1 Å². The highest BCUT2D eigenvalue weighted by Crippen LogP contribution is 2.31. The van der Waals surface area contributed by atoms with Crippen LogP contribution in [0.15, 0.2) is 71.7 Å². The van der Waals surface area contributed by atoms with E-state index in [1.807, 2.05) is 61.6 Å². The Morgan fingerprint density at radius 1 is 1.10 bits per heavy atom. The van der Waals surface area contributed by atoms with Crippen molar-refractivity contribution in [1.82, 2.24) is 10.4 Å². The van der Waals surface area contributed by atoms with Crippen molar-refractivity contribution in [3.8, 4) is 11.5 Å². The fraction of sp³-hybridized carbons (Fsp3) is 0.0909. The summed E-state index contributed by atoms with van der Waals surface area (Å²) in [5, 5.41) is 12.9. The van der Waals surface area contributed by atoms with Gasteiger partial charge in [0.15, 0.2) is 0 Å². The number of nitrogens with two attached hydrogens (primary N) is 1. The molecular weight excluding hydrogens is 400 g/mol. The number of nitrogen functional groups attached to an aromatic ring is 1. The summed E-state index contributed by atoms with van der Waals surface area (Å²) >= 11 is 6.38. The number of halogens is 1.